The number of anilines is 1. The monoisotopic (exact) mass is 261 g/mol. The molecule has 2 rings (SSSR count). The van der Waals surface area contributed by atoms with Gasteiger partial charge >= 0.3 is 0 Å². The van der Waals surface area contributed by atoms with Crippen LogP contribution in [0.2, 0.25) is 0 Å². The van der Waals surface area contributed by atoms with Crippen LogP contribution < -0.4 is 10.1 Å². The number of furan rings is 1. The first-order valence-corrected chi connectivity index (χ1v) is 6.28. The van der Waals surface area contributed by atoms with Crippen molar-refractivity contribution >= 4 is 5.69 Å². The standard InChI is InChI=1S/C15H19NO3/c1-12-6-7-19-15(12)11-16-13-4-3-5-14(10-13)18-9-8-17-2/h3-7,10,16H,8-9,11H2,1-2H3. The van der Waals surface area contributed by atoms with Crippen molar-refractivity contribution in [3.8, 4) is 5.75 Å². The van der Waals surface area contributed by atoms with Gasteiger partial charge in [-0.25, -0.2) is 0 Å². The van der Waals surface area contributed by atoms with E-state index < -0.39 is 0 Å². The minimum Gasteiger partial charge on any atom is -0.491 e. The second-order valence-electron chi connectivity index (χ2n) is 4.25. The van der Waals surface area contributed by atoms with E-state index in [0.29, 0.717) is 19.8 Å². The summed E-state index contributed by atoms with van der Waals surface area (Å²) in [4.78, 5) is 0. The molecule has 0 atom stereocenters. The van der Waals surface area contributed by atoms with Crippen LogP contribution in [0.1, 0.15) is 11.3 Å². The lowest BCUT2D eigenvalue weighted by atomic mass is 10.2. The maximum Gasteiger partial charge on any atom is 0.125 e. The van der Waals surface area contributed by atoms with Gasteiger partial charge in [0.25, 0.3) is 0 Å². The molecule has 102 valence electrons. The summed E-state index contributed by atoms with van der Waals surface area (Å²) < 4.78 is 15.9. The highest BCUT2D eigenvalue weighted by Crippen LogP contribution is 2.19. The Kier molecular flexibility index (Phi) is 4.86. The van der Waals surface area contributed by atoms with Gasteiger partial charge in [0.2, 0.25) is 0 Å². The van der Waals surface area contributed by atoms with E-state index in [0.717, 1.165) is 22.8 Å². The fourth-order valence-electron chi connectivity index (χ4n) is 1.71. The zero-order chi connectivity index (χ0) is 13.5. The molecule has 0 amide bonds. The minimum absolute atomic E-state index is 0.553. The van der Waals surface area contributed by atoms with Crippen LogP contribution in [0.5, 0.6) is 5.75 Å². The van der Waals surface area contributed by atoms with Crippen molar-refractivity contribution in [2.45, 2.75) is 13.5 Å². The number of hydrogen-bond acceptors (Lipinski definition) is 4. The van der Waals surface area contributed by atoms with Crippen LogP contribution in [0.3, 0.4) is 0 Å². The van der Waals surface area contributed by atoms with E-state index in [2.05, 4.69) is 5.32 Å². The zero-order valence-electron chi connectivity index (χ0n) is 11.3. The number of benzene rings is 1. The number of rotatable bonds is 7. The molecule has 0 bridgehead atoms. The Bertz CT molecular complexity index is 508. The Hall–Kier alpha value is -1.94. The van der Waals surface area contributed by atoms with E-state index in [1.165, 1.54) is 0 Å². The summed E-state index contributed by atoms with van der Waals surface area (Å²) in [5, 5.41) is 3.31. The van der Waals surface area contributed by atoms with Gasteiger partial charge in [0.05, 0.1) is 19.4 Å². The summed E-state index contributed by atoms with van der Waals surface area (Å²) in [6, 6.07) is 9.81. The van der Waals surface area contributed by atoms with Crippen LogP contribution in [-0.4, -0.2) is 20.3 Å². The van der Waals surface area contributed by atoms with Gasteiger partial charge in [0.1, 0.15) is 18.1 Å². The van der Waals surface area contributed by atoms with Crippen LogP contribution >= 0.6 is 0 Å². The predicted octanol–water partition coefficient (Wildman–Crippen LogP) is 3.23. The summed E-state index contributed by atoms with van der Waals surface area (Å²) in [5.41, 5.74) is 2.16. The molecule has 1 aromatic heterocycles. The second-order valence-corrected chi connectivity index (χ2v) is 4.25. The van der Waals surface area contributed by atoms with Gasteiger partial charge in [-0.15, -0.1) is 0 Å². The maximum atomic E-state index is 5.56. The topological polar surface area (TPSA) is 43.6 Å². The smallest absolute Gasteiger partial charge is 0.125 e. The molecule has 0 aliphatic carbocycles. The van der Waals surface area contributed by atoms with Crippen LogP contribution in [-0.2, 0) is 11.3 Å². The van der Waals surface area contributed by atoms with E-state index in [1.54, 1.807) is 13.4 Å². The first-order valence-electron chi connectivity index (χ1n) is 6.28. The molecule has 2 aromatic rings. The summed E-state index contributed by atoms with van der Waals surface area (Å²) in [6.07, 6.45) is 1.70. The van der Waals surface area contributed by atoms with Gasteiger partial charge in [-0.05, 0) is 30.7 Å². The summed E-state index contributed by atoms with van der Waals surface area (Å²) in [6.45, 7) is 3.84. The molecule has 0 spiro atoms. The van der Waals surface area contributed by atoms with Crippen LogP contribution in [0, 0.1) is 6.92 Å². The largest absolute Gasteiger partial charge is 0.491 e. The van der Waals surface area contributed by atoms with Crippen molar-refractivity contribution in [1.29, 1.82) is 0 Å². The Morgan fingerprint density at radius 2 is 2.11 bits per heavy atom. The Morgan fingerprint density at radius 3 is 2.84 bits per heavy atom. The first-order chi connectivity index (χ1) is 9.29. The number of aryl methyl sites for hydroxylation is 1. The molecular formula is C15H19NO3. The summed E-state index contributed by atoms with van der Waals surface area (Å²) in [5.74, 6) is 1.78. The molecule has 0 fully saturated rings. The van der Waals surface area contributed by atoms with Crippen molar-refractivity contribution in [3.63, 3.8) is 0 Å². The lowest BCUT2D eigenvalue weighted by molar-refractivity contribution is 0.146. The highest BCUT2D eigenvalue weighted by molar-refractivity contribution is 5.48. The SMILES string of the molecule is COCCOc1cccc(NCc2occc2C)c1. The molecule has 0 unspecified atom stereocenters. The predicted molar refractivity (Wildman–Crippen MR) is 74.6 cm³/mol. The van der Waals surface area contributed by atoms with Crippen molar-refractivity contribution < 1.29 is 13.9 Å². The normalized spacial score (nSPS) is 10.4. The van der Waals surface area contributed by atoms with Crippen molar-refractivity contribution in [3.05, 3.63) is 47.9 Å². The van der Waals surface area contributed by atoms with Gasteiger partial charge in [-0.1, -0.05) is 6.07 Å². The molecule has 0 aliphatic rings. The summed E-state index contributed by atoms with van der Waals surface area (Å²) in [7, 11) is 1.66. The van der Waals surface area contributed by atoms with Crippen molar-refractivity contribution in [1.82, 2.24) is 0 Å². The third-order valence-electron chi connectivity index (χ3n) is 2.81. The van der Waals surface area contributed by atoms with E-state index in [1.807, 2.05) is 37.3 Å². The maximum absolute atomic E-state index is 5.56. The quantitative estimate of drug-likeness (QED) is 0.777. The molecule has 1 heterocycles. The van der Waals surface area contributed by atoms with Gasteiger partial charge < -0.3 is 19.2 Å². The Labute approximate surface area is 113 Å². The zero-order valence-corrected chi connectivity index (χ0v) is 11.3. The molecule has 0 radical (unpaired) electrons. The third kappa shape index (κ3) is 4.03. The van der Waals surface area contributed by atoms with E-state index >= 15 is 0 Å². The van der Waals surface area contributed by atoms with Gasteiger partial charge in [-0.2, -0.15) is 0 Å². The van der Waals surface area contributed by atoms with Crippen molar-refractivity contribution in [2.75, 3.05) is 25.6 Å². The van der Waals surface area contributed by atoms with E-state index in [4.69, 9.17) is 13.9 Å². The number of ether oxygens (including phenoxy) is 2. The molecule has 0 saturated heterocycles. The molecule has 4 nitrogen and oxygen atoms in total. The number of nitrogens with one attached hydrogen (secondary N) is 1. The van der Waals surface area contributed by atoms with Gasteiger partial charge in [0.15, 0.2) is 0 Å². The highest BCUT2D eigenvalue weighted by atomic mass is 16.5. The second kappa shape index (κ2) is 6.85. The van der Waals surface area contributed by atoms with E-state index in [-0.39, 0.29) is 0 Å². The molecule has 1 aromatic carbocycles. The lowest BCUT2D eigenvalue weighted by Gasteiger charge is -2.09. The fraction of sp³-hybridized carbons (Fsp3) is 0.333. The third-order valence-corrected chi connectivity index (χ3v) is 2.81. The summed E-state index contributed by atoms with van der Waals surface area (Å²) >= 11 is 0. The molecule has 0 saturated carbocycles. The highest BCUT2D eigenvalue weighted by Gasteiger charge is 2.02. The average molecular weight is 261 g/mol. The Morgan fingerprint density at radius 1 is 1.21 bits per heavy atom. The molecule has 4 heteroatoms. The molecule has 19 heavy (non-hydrogen) atoms. The minimum atomic E-state index is 0.553. The van der Waals surface area contributed by atoms with Crippen LogP contribution in [0.4, 0.5) is 5.69 Å². The fourth-order valence-corrected chi connectivity index (χ4v) is 1.71. The lowest BCUT2D eigenvalue weighted by Crippen LogP contribution is -2.05. The molecule has 1 N–H and O–H groups in total. The first kappa shape index (κ1) is 13.5. The molecular weight excluding hydrogens is 242 g/mol. The average Bonchev–Trinajstić information content (AvgIpc) is 2.83. The molecule has 0 aliphatic heterocycles. The number of methoxy groups -OCH3 is 1. The Balaban J connectivity index is 1.90. The van der Waals surface area contributed by atoms with Gasteiger partial charge in [-0.3, -0.25) is 0 Å². The van der Waals surface area contributed by atoms with Crippen LogP contribution in [0.15, 0.2) is 41.0 Å². The van der Waals surface area contributed by atoms with E-state index in [9.17, 15) is 0 Å². The van der Waals surface area contributed by atoms with Crippen LogP contribution in [0.25, 0.3) is 0 Å². The number of hydrogen-bond donors (Lipinski definition) is 1. The van der Waals surface area contributed by atoms with Crippen molar-refractivity contribution in [2.24, 2.45) is 0 Å². The van der Waals surface area contributed by atoms with Gasteiger partial charge in [0, 0.05) is 18.9 Å².